The predicted molar refractivity (Wildman–Crippen MR) is 63.0 cm³/mol. The van der Waals surface area contributed by atoms with Crippen molar-refractivity contribution >= 4 is 5.97 Å². The number of carboxylic acid groups (broad SMARTS) is 1. The van der Waals surface area contributed by atoms with Crippen LogP contribution in [0.3, 0.4) is 0 Å². The summed E-state index contributed by atoms with van der Waals surface area (Å²) >= 11 is 0. The lowest BCUT2D eigenvalue weighted by Crippen LogP contribution is -2.32. The van der Waals surface area contributed by atoms with Crippen molar-refractivity contribution < 1.29 is 24.5 Å². The molecule has 2 rings (SSSR count). The van der Waals surface area contributed by atoms with Crippen LogP contribution >= 0.6 is 0 Å². The first kappa shape index (κ1) is 12.5. The van der Waals surface area contributed by atoms with Gasteiger partial charge in [-0.25, -0.2) is 0 Å². The van der Waals surface area contributed by atoms with E-state index in [-0.39, 0.29) is 12.2 Å². The molecule has 1 heterocycles. The van der Waals surface area contributed by atoms with Crippen LogP contribution in [0.15, 0.2) is 12.1 Å². The lowest BCUT2D eigenvalue weighted by molar-refractivity contribution is -0.138. The molecule has 0 bridgehead atoms. The summed E-state index contributed by atoms with van der Waals surface area (Å²) in [5.74, 6) is -0.250. The fourth-order valence-corrected chi connectivity index (χ4v) is 1.79. The van der Waals surface area contributed by atoms with Gasteiger partial charge in [0.25, 0.3) is 0 Å². The van der Waals surface area contributed by atoms with Gasteiger partial charge in [0.15, 0.2) is 11.5 Å². The van der Waals surface area contributed by atoms with Gasteiger partial charge in [-0.1, -0.05) is 0 Å². The molecule has 0 radical (unpaired) electrons. The van der Waals surface area contributed by atoms with Gasteiger partial charge in [0.05, 0.1) is 13.2 Å². The number of aromatic hydroxyl groups is 1. The van der Waals surface area contributed by atoms with Crippen molar-refractivity contribution in [2.24, 2.45) is 5.73 Å². The fraction of sp³-hybridized carbons (Fsp3) is 0.417. The quantitative estimate of drug-likeness (QED) is 0.725. The Labute approximate surface area is 104 Å². The van der Waals surface area contributed by atoms with Gasteiger partial charge in [0.2, 0.25) is 0 Å². The molecule has 4 N–H and O–H groups in total. The van der Waals surface area contributed by atoms with E-state index in [0.717, 1.165) is 6.42 Å². The van der Waals surface area contributed by atoms with Crippen LogP contribution in [-0.2, 0) is 11.2 Å². The van der Waals surface area contributed by atoms with E-state index in [1.54, 1.807) is 6.07 Å². The maximum atomic E-state index is 10.8. The number of aliphatic carboxylic acids is 1. The Kier molecular flexibility index (Phi) is 3.57. The highest BCUT2D eigenvalue weighted by Crippen LogP contribution is 2.39. The Morgan fingerprint density at radius 1 is 1.39 bits per heavy atom. The second-order valence-corrected chi connectivity index (χ2v) is 4.09. The Morgan fingerprint density at radius 3 is 2.83 bits per heavy atom. The standard InChI is InChI=1S/C12H15NO5/c13-8(12(15)16)6-7-9(14)2-3-10-11(7)18-5-1-4-17-10/h2-3,8,14H,1,4-6,13H2,(H,15,16). The number of ether oxygens (including phenoxy) is 2. The molecule has 1 aromatic carbocycles. The number of phenols is 1. The van der Waals surface area contributed by atoms with E-state index in [0.29, 0.717) is 30.3 Å². The van der Waals surface area contributed by atoms with Crippen LogP contribution < -0.4 is 15.2 Å². The molecule has 6 heteroatoms. The van der Waals surface area contributed by atoms with Crippen LogP contribution in [0.2, 0.25) is 0 Å². The van der Waals surface area contributed by atoms with Crippen LogP contribution in [-0.4, -0.2) is 35.4 Å². The summed E-state index contributed by atoms with van der Waals surface area (Å²) in [5, 5.41) is 18.6. The molecule has 0 spiro atoms. The van der Waals surface area contributed by atoms with Crippen LogP contribution in [0.5, 0.6) is 17.2 Å². The number of hydrogen-bond donors (Lipinski definition) is 3. The minimum Gasteiger partial charge on any atom is -0.508 e. The molecule has 18 heavy (non-hydrogen) atoms. The molecule has 1 atom stereocenters. The highest BCUT2D eigenvalue weighted by Gasteiger charge is 2.22. The summed E-state index contributed by atoms with van der Waals surface area (Å²) in [6.07, 6.45) is 0.730. The molecule has 1 aliphatic rings. The molecule has 0 saturated carbocycles. The summed E-state index contributed by atoms with van der Waals surface area (Å²) in [4.78, 5) is 10.8. The van der Waals surface area contributed by atoms with Crippen LogP contribution in [0.25, 0.3) is 0 Å². The number of carboxylic acids is 1. The van der Waals surface area contributed by atoms with Gasteiger partial charge in [-0.2, -0.15) is 0 Å². The van der Waals surface area contributed by atoms with Crippen molar-refractivity contribution in [2.75, 3.05) is 13.2 Å². The van der Waals surface area contributed by atoms with Crippen molar-refractivity contribution in [3.63, 3.8) is 0 Å². The predicted octanol–water partition coefficient (Wildman–Crippen LogP) is 0.508. The van der Waals surface area contributed by atoms with E-state index in [1.165, 1.54) is 6.07 Å². The summed E-state index contributed by atoms with van der Waals surface area (Å²) in [5.41, 5.74) is 5.86. The van der Waals surface area contributed by atoms with Gasteiger partial charge in [-0.15, -0.1) is 0 Å². The van der Waals surface area contributed by atoms with E-state index < -0.39 is 12.0 Å². The second-order valence-electron chi connectivity index (χ2n) is 4.09. The summed E-state index contributed by atoms with van der Waals surface area (Å²) < 4.78 is 11.0. The molecule has 0 fully saturated rings. The Bertz CT molecular complexity index is 460. The number of rotatable bonds is 3. The minimum atomic E-state index is -1.12. The number of nitrogens with two attached hydrogens (primary N) is 1. The number of carbonyl (C=O) groups is 1. The van der Waals surface area contributed by atoms with E-state index >= 15 is 0 Å². The first-order chi connectivity index (χ1) is 8.59. The van der Waals surface area contributed by atoms with Crippen LogP contribution in [0, 0.1) is 0 Å². The van der Waals surface area contributed by atoms with E-state index in [9.17, 15) is 9.90 Å². The number of phenolic OH excluding ortho intramolecular Hbond substituents is 1. The molecule has 98 valence electrons. The zero-order valence-electron chi connectivity index (χ0n) is 9.76. The third-order valence-electron chi connectivity index (χ3n) is 2.73. The van der Waals surface area contributed by atoms with E-state index in [4.69, 9.17) is 20.3 Å². The Balaban J connectivity index is 2.35. The maximum Gasteiger partial charge on any atom is 0.320 e. The highest BCUT2D eigenvalue weighted by atomic mass is 16.5. The van der Waals surface area contributed by atoms with E-state index in [2.05, 4.69) is 0 Å². The molecule has 0 aromatic heterocycles. The Hall–Kier alpha value is -1.95. The molecular formula is C12H15NO5. The third kappa shape index (κ3) is 2.48. The fourth-order valence-electron chi connectivity index (χ4n) is 1.79. The van der Waals surface area contributed by atoms with Crippen LogP contribution in [0.1, 0.15) is 12.0 Å². The summed E-state index contributed by atoms with van der Waals surface area (Å²) in [6, 6.07) is 1.97. The van der Waals surface area contributed by atoms with Gasteiger partial charge >= 0.3 is 5.97 Å². The molecule has 6 nitrogen and oxygen atoms in total. The zero-order valence-corrected chi connectivity index (χ0v) is 9.76. The van der Waals surface area contributed by atoms with Crippen molar-refractivity contribution in [1.29, 1.82) is 0 Å². The average Bonchev–Trinajstić information content (AvgIpc) is 2.57. The molecule has 1 aliphatic heterocycles. The average molecular weight is 253 g/mol. The molecule has 0 saturated heterocycles. The normalized spacial score (nSPS) is 15.8. The number of benzene rings is 1. The Morgan fingerprint density at radius 2 is 2.11 bits per heavy atom. The monoisotopic (exact) mass is 253 g/mol. The lowest BCUT2D eigenvalue weighted by atomic mass is 10.0. The van der Waals surface area contributed by atoms with Crippen molar-refractivity contribution in [3.8, 4) is 17.2 Å². The van der Waals surface area contributed by atoms with Gasteiger partial charge in [0.1, 0.15) is 11.8 Å². The molecular weight excluding hydrogens is 238 g/mol. The van der Waals surface area contributed by atoms with Crippen molar-refractivity contribution in [2.45, 2.75) is 18.9 Å². The van der Waals surface area contributed by atoms with Gasteiger partial charge in [0, 0.05) is 18.4 Å². The van der Waals surface area contributed by atoms with Gasteiger partial charge < -0.3 is 25.4 Å². The first-order valence-electron chi connectivity index (χ1n) is 5.68. The second kappa shape index (κ2) is 5.14. The lowest BCUT2D eigenvalue weighted by Gasteiger charge is -2.15. The largest absolute Gasteiger partial charge is 0.508 e. The molecule has 0 amide bonds. The molecule has 1 aromatic rings. The molecule has 1 unspecified atom stereocenters. The van der Waals surface area contributed by atoms with Crippen LogP contribution in [0.4, 0.5) is 0 Å². The smallest absolute Gasteiger partial charge is 0.320 e. The number of fused-ring (bicyclic) bond motifs is 1. The van der Waals surface area contributed by atoms with E-state index in [1.807, 2.05) is 0 Å². The third-order valence-corrected chi connectivity index (χ3v) is 2.73. The van der Waals surface area contributed by atoms with Gasteiger partial charge in [-0.05, 0) is 12.1 Å². The SMILES string of the molecule is NC(Cc1c(O)ccc2c1OCCCO2)C(=O)O. The van der Waals surface area contributed by atoms with Gasteiger partial charge in [-0.3, -0.25) is 4.79 Å². The summed E-state index contributed by atoms with van der Waals surface area (Å²) in [7, 11) is 0. The first-order valence-corrected chi connectivity index (χ1v) is 5.68. The highest BCUT2D eigenvalue weighted by molar-refractivity contribution is 5.74. The summed E-state index contributed by atoms with van der Waals surface area (Å²) in [6.45, 7) is 0.994. The molecule has 0 aliphatic carbocycles. The minimum absolute atomic E-state index is 0.00625. The zero-order chi connectivity index (χ0) is 13.1. The topological polar surface area (TPSA) is 102 Å². The maximum absolute atomic E-state index is 10.8. The number of hydrogen-bond acceptors (Lipinski definition) is 5. The van der Waals surface area contributed by atoms with Crippen molar-refractivity contribution in [1.82, 2.24) is 0 Å². The van der Waals surface area contributed by atoms with Crippen molar-refractivity contribution in [3.05, 3.63) is 17.7 Å².